The maximum atomic E-state index is 3.25. The molecule has 0 aliphatic carbocycles. The summed E-state index contributed by atoms with van der Waals surface area (Å²) in [6.45, 7) is 9.25. The Labute approximate surface area is 159 Å². The van der Waals surface area contributed by atoms with Gasteiger partial charge in [0, 0.05) is 0 Å². The Hall–Kier alpha value is -1.46. The summed E-state index contributed by atoms with van der Waals surface area (Å²) in [7, 11) is 0. The summed E-state index contributed by atoms with van der Waals surface area (Å²) in [4.78, 5) is 0. The summed E-state index contributed by atoms with van der Waals surface area (Å²) in [5, 5.41) is 5.39. The normalized spacial score (nSPS) is 9.39. The van der Waals surface area contributed by atoms with E-state index >= 15 is 0 Å². The van der Waals surface area contributed by atoms with Crippen LogP contribution in [0.5, 0.6) is 0 Å². The maximum Gasteiger partial charge on any atom is 3.00 e. The van der Waals surface area contributed by atoms with E-state index in [2.05, 4.69) is 93.6 Å². The summed E-state index contributed by atoms with van der Waals surface area (Å²) in [5.74, 6) is 0. The van der Waals surface area contributed by atoms with Gasteiger partial charge in [-0.15, -0.1) is 81.2 Å². The third kappa shape index (κ3) is 5.29. The molecule has 115 valence electrons. The fourth-order valence-electron chi connectivity index (χ4n) is 2.61. The number of hydrogen-bond acceptors (Lipinski definition) is 0. The van der Waals surface area contributed by atoms with Crippen LogP contribution in [0.1, 0.15) is 18.1 Å². The zero-order valence-corrected chi connectivity index (χ0v) is 16.6. The molecule has 0 saturated carbocycles. The molecule has 0 fully saturated rings. The van der Waals surface area contributed by atoms with Gasteiger partial charge in [-0.3, -0.25) is 0 Å². The van der Waals surface area contributed by atoms with E-state index in [1.54, 1.807) is 6.92 Å². The maximum absolute atomic E-state index is 3.25. The Morgan fingerprint density at radius 1 is 0.652 bits per heavy atom. The van der Waals surface area contributed by atoms with Crippen molar-refractivity contribution in [1.29, 1.82) is 0 Å². The molecule has 0 spiro atoms. The number of hydrogen-bond donors (Lipinski definition) is 0. The molecule has 1 heteroatoms. The molecule has 0 bridgehead atoms. The fraction of sp³-hybridized carbons (Fsp3) is 0.136. The van der Waals surface area contributed by atoms with E-state index in [0.717, 1.165) is 0 Å². The molecule has 23 heavy (non-hydrogen) atoms. The van der Waals surface area contributed by atoms with Crippen LogP contribution in [0.4, 0.5) is 0 Å². The van der Waals surface area contributed by atoms with Crippen molar-refractivity contribution in [1.82, 2.24) is 0 Å². The summed E-state index contributed by atoms with van der Waals surface area (Å²) >= 11 is 0. The molecule has 0 heterocycles. The van der Waals surface area contributed by atoms with E-state index < -0.39 is 0 Å². The van der Waals surface area contributed by atoms with Crippen LogP contribution in [0.2, 0.25) is 0 Å². The fourth-order valence-corrected chi connectivity index (χ4v) is 2.61. The van der Waals surface area contributed by atoms with Crippen LogP contribution in [-0.2, 0) is 26.2 Å². The molecule has 0 amide bonds. The Balaban J connectivity index is 0.000000200. The van der Waals surface area contributed by atoms with E-state index in [0.29, 0.717) is 0 Å². The van der Waals surface area contributed by atoms with Gasteiger partial charge < -0.3 is 6.92 Å². The predicted molar refractivity (Wildman–Crippen MR) is 99.6 cm³/mol. The second kappa shape index (κ2) is 9.63. The first-order valence-corrected chi connectivity index (χ1v) is 7.67. The second-order valence-electron chi connectivity index (χ2n) is 5.32. The second-order valence-corrected chi connectivity index (χ2v) is 5.32. The van der Waals surface area contributed by atoms with Crippen molar-refractivity contribution >= 4 is 21.5 Å². The number of aryl methyl sites for hydroxylation is 2. The van der Waals surface area contributed by atoms with Crippen LogP contribution >= 0.6 is 0 Å². The third-order valence-corrected chi connectivity index (χ3v) is 3.52. The van der Waals surface area contributed by atoms with Crippen LogP contribution in [0, 0.1) is 20.8 Å². The molecule has 0 aliphatic rings. The van der Waals surface area contributed by atoms with Crippen LogP contribution in [0.3, 0.4) is 0 Å². The van der Waals surface area contributed by atoms with Crippen molar-refractivity contribution in [3.8, 4) is 0 Å². The Morgan fingerprint density at radius 2 is 1.00 bits per heavy atom. The molecule has 0 aliphatic heterocycles. The molecule has 0 N–H and O–H groups in total. The first kappa shape index (κ1) is 19.6. The van der Waals surface area contributed by atoms with Crippen molar-refractivity contribution in [3.63, 3.8) is 0 Å². The molecular weight excluding hydrogens is 355 g/mol. The van der Waals surface area contributed by atoms with Gasteiger partial charge in [0.25, 0.3) is 0 Å². The van der Waals surface area contributed by atoms with Gasteiger partial charge in [-0.05, 0) is 0 Å². The number of fused-ring (bicyclic) bond motifs is 2. The Kier molecular flexibility index (Phi) is 8.20. The molecular formula is C22H23Zr. The molecule has 4 rings (SSSR count). The van der Waals surface area contributed by atoms with Gasteiger partial charge in [0.2, 0.25) is 0 Å². The molecule has 0 aromatic heterocycles. The molecule has 4 aromatic rings. The van der Waals surface area contributed by atoms with Gasteiger partial charge in [-0.25, -0.2) is 0 Å². The van der Waals surface area contributed by atoms with Crippen molar-refractivity contribution in [2.75, 3.05) is 0 Å². The van der Waals surface area contributed by atoms with Crippen molar-refractivity contribution < 1.29 is 26.2 Å². The number of rotatable bonds is 0. The van der Waals surface area contributed by atoms with Crippen LogP contribution < -0.4 is 0 Å². The average molecular weight is 379 g/mol. The average Bonchev–Trinajstić information content (AvgIpc) is 3.10. The van der Waals surface area contributed by atoms with Crippen LogP contribution in [0.25, 0.3) is 21.5 Å². The summed E-state index contributed by atoms with van der Waals surface area (Å²) in [6, 6.07) is 25.7. The van der Waals surface area contributed by atoms with Gasteiger partial charge in [0.05, 0.1) is 0 Å². The quantitative estimate of drug-likeness (QED) is 0.303. The van der Waals surface area contributed by atoms with Crippen LogP contribution in [-0.4, -0.2) is 0 Å². The van der Waals surface area contributed by atoms with Crippen molar-refractivity contribution in [2.24, 2.45) is 0 Å². The zero-order valence-electron chi connectivity index (χ0n) is 14.1. The smallest absolute Gasteiger partial charge is 0.346 e. The molecule has 1 radical (unpaired) electrons. The van der Waals surface area contributed by atoms with Gasteiger partial charge in [-0.2, -0.15) is 19.1 Å². The monoisotopic (exact) mass is 377 g/mol. The topological polar surface area (TPSA) is 0 Å². The molecule has 0 unspecified atom stereocenters. The van der Waals surface area contributed by atoms with Gasteiger partial charge in [0.1, 0.15) is 0 Å². The largest absolute Gasteiger partial charge is 3.00 e. The van der Waals surface area contributed by atoms with E-state index in [1.807, 2.05) is 0 Å². The minimum absolute atomic E-state index is 0. The summed E-state index contributed by atoms with van der Waals surface area (Å²) < 4.78 is 0. The molecule has 0 nitrogen and oxygen atoms in total. The molecule has 0 saturated heterocycles. The Bertz CT molecular complexity index is 695. The minimum atomic E-state index is 0. The zero-order chi connectivity index (χ0) is 15.9. The van der Waals surface area contributed by atoms with Gasteiger partial charge >= 0.3 is 26.2 Å². The van der Waals surface area contributed by atoms with Gasteiger partial charge in [0.15, 0.2) is 0 Å². The summed E-state index contributed by atoms with van der Waals surface area (Å²) in [6.07, 6.45) is 0. The van der Waals surface area contributed by atoms with E-state index in [9.17, 15) is 0 Å². The van der Waals surface area contributed by atoms with Crippen molar-refractivity contribution in [2.45, 2.75) is 20.8 Å². The molecule has 0 atom stereocenters. The van der Waals surface area contributed by atoms with E-state index in [-0.39, 0.29) is 26.2 Å². The first-order valence-electron chi connectivity index (χ1n) is 7.67. The Morgan fingerprint density at radius 3 is 1.35 bits per heavy atom. The van der Waals surface area contributed by atoms with Crippen LogP contribution in [0.15, 0.2) is 72.8 Å². The minimum Gasteiger partial charge on any atom is -0.346 e. The van der Waals surface area contributed by atoms with Gasteiger partial charge in [-0.1, -0.05) is 26.0 Å². The third-order valence-electron chi connectivity index (χ3n) is 3.52. The first-order chi connectivity index (χ1) is 10.7. The predicted octanol–water partition coefficient (Wildman–Crippen LogP) is 6.57. The number of benzene rings is 2. The SMILES string of the molecule is Cc1cc2ccccc2[cH-]1.Cc1cc2ccccc2[cH-]1.[CH2-]C.[Zr+3]. The van der Waals surface area contributed by atoms with Crippen molar-refractivity contribution in [3.05, 3.63) is 90.8 Å². The summed E-state index contributed by atoms with van der Waals surface area (Å²) in [5.41, 5.74) is 2.70. The van der Waals surface area contributed by atoms with E-state index in [1.165, 1.54) is 32.7 Å². The van der Waals surface area contributed by atoms with E-state index in [4.69, 9.17) is 0 Å². The molecule has 4 aromatic carbocycles. The standard InChI is InChI=1S/2C10H9.C2H5.Zr/c2*1-8-6-9-4-2-3-5-10(9)7-8;1-2;/h2*2-7H,1H3;1H2,2H3;/q3*-1;+3.